The van der Waals surface area contributed by atoms with E-state index in [4.69, 9.17) is 0 Å². The van der Waals surface area contributed by atoms with Crippen molar-refractivity contribution in [3.8, 4) is 23.1 Å². The highest BCUT2D eigenvalue weighted by atomic mass is 15.0. The fraction of sp³-hybridized carbons (Fsp3) is 0.120. The molecule has 0 unspecified atom stereocenters. The van der Waals surface area contributed by atoms with Gasteiger partial charge in [-0.1, -0.05) is 30.3 Å². The molecule has 5 heteroatoms. The summed E-state index contributed by atoms with van der Waals surface area (Å²) in [6.07, 6.45) is 0. The molecular formula is C25H19N5. The van der Waals surface area contributed by atoms with Gasteiger partial charge in [0.05, 0.1) is 28.4 Å². The Morgan fingerprint density at radius 2 is 1.50 bits per heavy atom. The van der Waals surface area contributed by atoms with Crippen molar-refractivity contribution in [2.24, 2.45) is 0 Å². The quantitative estimate of drug-likeness (QED) is 0.404. The van der Waals surface area contributed by atoms with Crippen LogP contribution in [0.15, 0.2) is 60.7 Å². The maximum Gasteiger partial charge on any atom is 0.165 e. The molecule has 0 radical (unpaired) electrons. The van der Waals surface area contributed by atoms with Gasteiger partial charge in [-0.15, -0.1) is 0 Å². The van der Waals surface area contributed by atoms with E-state index in [0.717, 1.165) is 22.3 Å². The second-order valence-electron chi connectivity index (χ2n) is 7.47. The molecule has 2 aromatic heterocycles. The lowest BCUT2D eigenvalue weighted by molar-refractivity contribution is 0.926. The largest absolute Gasteiger partial charge is 0.308 e. The Morgan fingerprint density at radius 3 is 2.27 bits per heavy atom. The fourth-order valence-electron chi connectivity index (χ4n) is 4.06. The molecular weight excluding hydrogens is 370 g/mol. The van der Waals surface area contributed by atoms with Gasteiger partial charge in [-0.25, -0.2) is 15.0 Å². The van der Waals surface area contributed by atoms with E-state index in [1.54, 1.807) is 0 Å². The van der Waals surface area contributed by atoms with Crippen LogP contribution in [0.2, 0.25) is 0 Å². The smallest absolute Gasteiger partial charge is 0.165 e. The summed E-state index contributed by atoms with van der Waals surface area (Å²) in [5.41, 5.74) is 5.73. The number of nitriles is 1. The standard InChI is InChI=1S/C25H19N5/c1-15-8-10-20-19-6-4-5-7-22(19)30(24(20)12-15)23-11-9-18(14-26)13-21(23)25-28-16(2)27-17(3)29-25/h4-13H,1-3H3. The Labute approximate surface area is 174 Å². The van der Waals surface area contributed by atoms with Crippen LogP contribution in [0.25, 0.3) is 38.9 Å². The topological polar surface area (TPSA) is 67.4 Å². The molecule has 30 heavy (non-hydrogen) atoms. The van der Waals surface area contributed by atoms with E-state index >= 15 is 0 Å². The number of fused-ring (bicyclic) bond motifs is 3. The summed E-state index contributed by atoms with van der Waals surface area (Å²) in [4.78, 5) is 13.5. The van der Waals surface area contributed by atoms with E-state index in [-0.39, 0.29) is 0 Å². The lowest BCUT2D eigenvalue weighted by Crippen LogP contribution is -2.03. The molecule has 144 valence electrons. The van der Waals surface area contributed by atoms with Crippen molar-refractivity contribution < 1.29 is 0 Å². The van der Waals surface area contributed by atoms with Gasteiger partial charge in [-0.05, 0) is 56.7 Å². The van der Waals surface area contributed by atoms with Gasteiger partial charge in [0.25, 0.3) is 0 Å². The molecule has 5 nitrogen and oxygen atoms in total. The lowest BCUT2D eigenvalue weighted by Gasteiger charge is -2.14. The molecule has 0 aliphatic carbocycles. The second-order valence-corrected chi connectivity index (χ2v) is 7.47. The zero-order valence-electron chi connectivity index (χ0n) is 17.0. The molecule has 0 spiro atoms. The summed E-state index contributed by atoms with van der Waals surface area (Å²) < 4.78 is 2.24. The van der Waals surface area contributed by atoms with Gasteiger partial charge in [0, 0.05) is 16.3 Å². The Bertz CT molecular complexity index is 1470. The maximum atomic E-state index is 9.51. The number of hydrogen-bond donors (Lipinski definition) is 0. The third kappa shape index (κ3) is 2.82. The van der Waals surface area contributed by atoms with Crippen LogP contribution in [-0.4, -0.2) is 19.5 Å². The zero-order chi connectivity index (χ0) is 20.8. The minimum atomic E-state index is 0.571. The summed E-state index contributed by atoms with van der Waals surface area (Å²) in [5.74, 6) is 1.89. The normalized spacial score (nSPS) is 11.1. The Morgan fingerprint density at radius 1 is 0.767 bits per heavy atom. The van der Waals surface area contributed by atoms with E-state index in [2.05, 4.69) is 68.9 Å². The first kappa shape index (κ1) is 18.0. The third-order valence-electron chi connectivity index (χ3n) is 5.30. The van der Waals surface area contributed by atoms with Crippen molar-refractivity contribution in [3.63, 3.8) is 0 Å². The van der Waals surface area contributed by atoms with Crippen LogP contribution in [0.5, 0.6) is 0 Å². The van der Waals surface area contributed by atoms with Crippen molar-refractivity contribution in [3.05, 3.63) is 83.4 Å². The van der Waals surface area contributed by atoms with Crippen molar-refractivity contribution in [2.75, 3.05) is 0 Å². The molecule has 0 saturated heterocycles. The monoisotopic (exact) mass is 389 g/mol. The molecule has 0 aliphatic heterocycles. The van der Waals surface area contributed by atoms with Crippen LogP contribution in [0.1, 0.15) is 22.8 Å². The highest BCUT2D eigenvalue weighted by Crippen LogP contribution is 2.36. The average Bonchev–Trinajstić information content (AvgIpc) is 3.06. The molecule has 0 N–H and O–H groups in total. The minimum Gasteiger partial charge on any atom is -0.308 e. The van der Waals surface area contributed by atoms with Crippen LogP contribution in [-0.2, 0) is 0 Å². The molecule has 5 rings (SSSR count). The second kappa shape index (κ2) is 6.78. The van der Waals surface area contributed by atoms with Gasteiger partial charge in [0.1, 0.15) is 11.6 Å². The number of rotatable bonds is 2. The first-order chi connectivity index (χ1) is 14.5. The molecule has 0 amide bonds. The van der Waals surface area contributed by atoms with Gasteiger partial charge in [0.15, 0.2) is 5.82 Å². The third-order valence-corrected chi connectivity index (χ3v) is 5.30. The first-order valence-corrected chi connectivity index (χ1v) is 9.79. The highest BCUT2D eigenvalue weighted by Gasteiger charge is 2.18. The van der Waals surface area contributed by atoms with Gasteiger partial charge >= 0.3 is 0 Å². The van der Waals surface area contributed by atoms with Gasteiger partial charge in [0.2, 0.25) is 0 Å². The zero-order valence-corrected chi connectivity index (χ0v) is 17.0. The summed E-state index contributed by atoms with van der Waals surface area (Å²) in [6.45, 7) is 5.81. The van der Waals surface area contributed by atoms with E-state index in [1.165, 1.54) is 16.3 Å². The number of benzene rings is 3. The minimum absolute atomic E-state index is 0.571. The van der Waals surface area contributed by atoms with Gasteiger partial charge < -0.3 is 4.57 Å². The summed E-state index contributed by atoms with van der Waals surface area (Å²) in [5, 5.41) is 11.9. The SMILES string of the molecule is Cc1ccc2c3ccccc3n(-c3ccc(C#N)cc3-c3nc(C)nc(C)n3)c2c1. The van der Waals surface area contributed by atoms with Crippen LogP contribution in [0.4, 0.5) is 0 Å². The maximum absolute atomic E-state index is 9.51. The van der Waals surface area contributed by atoms with Crippen molar-refractivity contribution in [1.82, 2.24) is 19.5 Å². The summed E-state index contributed by atoms with van der Waals surface area (Å²) in [6, 6.07) is 22.8. The molecule has 0 saturated carbocycles. The number of aromatic nitrogens is 4. The van der Waals surface area contributed by atoms with Crippen molar-refractivity contribution in [2.45, 2.75) is 20.8 Å². The van der Waals surface area contributed by atoms with Crippen molar-refractivity contribution >= 4 is 21.8 Å². The molecule has 0 fully saturated rings. The summed E-state index contributed by atoms with van der Waals surface area (Å²) >= 11 is 0. The molecule has 0 aliphatic rings. The van der Waals surface area contributed by atoms with E-state index < -0.39 is 0 Å². The molecule has 3 aromatic carbocycles. The van der Waals surface area contributed by atoms with Crippen LogP contribution < -0.4 is 0 Å². The van der Waals surface area contributed by atoms with E-state index in [9.17, 15) is 5.26 Å². The molecule has 5 aromatic rings. The van der Waals surface area contributed by atoms with E-state index in [1.807, 2.05) is 38.1 Å². The van der Waals surface area contributed by atoms with Crippen LogP contribution in [0, 0.1) is 32.1 Å². The van der Waals surface area contributed by atoms with Crippen LogP contribution in [0.3, 0.4) is 0 Å². The van der Waals surface area contributed by atoms with Crippen molar-refractivity contribution in [1.29, 1.82) is 5.26 Å². The fourth-order valence-corrected chi connectivity index (χ4v) is 4.06. The predicted octanol–water partition coefficient (Wildman–Crippen LogP) is 5.43. The average molecular weight is 389 g/mol. The Balaban J connectivity index is 1.93. The Kier molecular flexibility index (Phi) is 4.07. The van der Waals surface area contributed by atoms with Gasteiger partial charge in [-0.2, -0.15) is 5.26 Å². The van der Waals surface area contributed by atoms with Crippen LogP contribution >= 0.6 is 0 Å². The summed E-state index contributed by atoms with van der Waals surface area (Å²) in [7, 11) is 0. The van der Waals surface area contributed by atoms with Gasteiger partial charge in [-0.3, -0.25) is 0 Å². The number of para-hydroxylation sites is 1. The number of hydrogen-bond acceptors (Lipinski definition) is 4. The molecule has 0 bridgehead atoms. The number of nitrogens with zero attached hydrogens (tertiary/aromatic N) is 5. The predicted molar refractivity (Wildman–Crippen MR) is 119 cm³/mol. The Hall–Kier alpha value is -4.04. The molecule has 2 heterocycles. The highest BCUT2D eigenvalue weighted by molar-refractivity contribution is 6.09. The molecule has 0 atom stereocenters. The first-order valence-electron chi connectivity index (χ1n) is 9.79. The lowest BCUT2D eigenvalue weighted by atomic mass is 10.1. The van der Waals surface area contributed by atoms with E-state index in [0.29, 0.717) is 23.0 Å². The number of aryl methyl sites for hydroxylation is 3.